The van der Waals surface area contributed by atoms with Crippen molar-refractivity contribution < 1.29 is 4.79 Å². The van der Waals surface area contributed by atoms with Gasteiger partial charge in [-0.3, -0.25) is 24.0 Å². The summed E-state index contributed by atoms with van der Waals surface area (Å²) in [5.74, 6) is -0.126. The van der Waals surface area contributed by atoms with Crippen LogP contribution in [0.2, 0.25) is 0 Å². The number of nitrogens with zero attached hydrogens (tertiary/aromatic N) is 5. The average molecular weight is 377 g/mol. The molecule has 27 heavy (non-hydrogen) atoms. The van der Waals surface area contributed by atoms with Crippen LogP contribution in [-0.2, 0) is 11.3 Å². The highest BCUT2D eigenvalue weighted by Crippen LogP contribution is 2.28. The van der Waals surface area contributed by atoms with Crippen LogP contribution in [0.15, 0.2) is 65.3 Å². The molecule has 1 amide bonds. The van der Waals surface area contributed by atoms with Crippen molar-refractivity contribution in [1.29, 1.82) is 0 Å². The first kappa shape index (κ1) is 17.0. The molecule has 7 nitrogen and oxygen atoms in total. The maximum absolute atomic E-state index is 12.6. The van der Waals surface area contributed by atoms with E-state index in [4.69, 9.17) is 0 Å². The number of amides is 1. The number of pyridine rings is 1. The van der Waals surface area contributed by atoms with Crippen molar-refractivity contribution in [3.05, 3.63) is 76.5 Å². The monoisotopic (exact) mass is 377 g/mol. The topological polar surface area (TPSA) is 81.0 Å². The van der Waals surface area contributed by atoms with E-state index in [0.717, 1.165) is 5.69 Å². The van der Waals surface area contributed by atoms with Gasteiger partial charge in [-0.2, -0.15) is 0 Å². The SMILES string of the molecule is CC(=O)N(c1ccccc1)c1nc(Cn2cnc3cnccc3c2=O)cs1. The molecule has 8 heteroatoms. The quantitative estimate of drug-likeness (QED) is 0.546. The molecule has 0 saturated carbocycles. The summed E-state index contributed by atoms with van der Waals surface area (Å²) in [4.78, 5) is 39.1. The summed E-state index contributed by atoms with van der Waals surface area (Å²) < 4.78 is 1.50. The zero-order valence-corrected chi connectivity index (χ0v) is 15.3. The molecule has 1 aromatic carbocycles. The van der Waals surface area contributed by atoms with E-state index < -0.39 is 0 Å². The first-order valence-corrected chi connectivity index (χ1v) is 9.11. The molecule has 0 N–H and O–H groups in total. The van der Waals surface area contributed by atoms with Crippen molar-refractivity contribution in [2.75, 3.05) is 4.90 Å². The fourth-order valence-electron chi connectivity index (χ4n) is 2.77. The molecule has 0 aliphatic heterocycles. The Labute approximate surface area is 158 Å². The Morgan fingerprint density at radius 3 is 2.81 bits per heavy atom. The van der Waals surface area contributed by atoms with E-state index >= 15 is 0 Å². The number of hydrogen-bond donors (Lipinski definition) is 0. The van der Waals surface area contributed by atoms with Crippen LogP contribution >= 0.6 is 11.3 Å². The maximum Gasteiger partial charge on any atom is 0.261 e. The third-order valence-corrected chi connectivity index (χ3v) is 4.89. The Morgan fingerprint density at radius 1 is 1.22 bits per heavy atom. The first-order valence-electron chi connectivity index (χ1n) is 8.23. The van der Waals surface area contributed by atoms with E-state index in [9.17, 15) is 9.59 Å². The minimum Gasteiger partial charge on any atom is -0.293 e. The summed E-state index contributed by atoms with van der Waals surface area (Å²) in [7, 11) is 0. The minimum absolute atomic E-state index is 0.126. The lowest BCUT2D eigenvalue weighted by Gasteiger charge is -2.17. The van der Waals surface area contributed by atoms with Gasteiger partial charge in [-0.1, -0.05) is 18.2 Å². The molecule has 0 spiro atoms. The zero-order chi connectivity index (χ0) is 18.8. The van der Waals surface area contributed by atoms with Gasteiger partial charge in [0.05, 0.1) is 41.4 Å². The Bertz CT molecular complexity index is 1170. The van der Waals surface area contributed by atoms with Gasteiger partial charge in [0.25, 0.3) is 5.56 Å². The molecule has 0 saturated heterocycles. The highest BCUT2D eigenvalue weighted by atomic mass is 32.1. The molecule has 0 unspecified atom stereocenters. The predicted molar refractivity (Wildman–Crippen MR) is 104 cm³/mol. The molecular weight excluding hydrogens is 362 g/mol. The largest absolute Gasteiger partial charge is 0.293 e. The summed E-state index contributed by atoms with van der Waals surface area (Å²) >= 11 is 1.36. The van der Waals surface area contributed by atoms with Crippen LogP contribution in [0, 0.1) is 0 Å². The van der Waals surface area contributed by atoms with Gasteiger partial charge in [-0.15, -0.1) is 11.3 Å². The predicted octanol–water partition coefficient (Wildman–Crippen LogP) is 2.98. The Balaban J connectivity index is 1.66. The molecule has 4 aromatic rings. The third kappa shape index (κ3) is 3.34. The molecular formula is C19H15N5O2S. The van der Waals surface area contributed by atoms with Crippen LogP contribution in [0.3, 0.4) is 0 Å². The van der Waals surface area contributed by atoms with Gasteiger partial charge in [-0.05, 0) is 18.2 Å². The van der Waals surface area contributed by atoms with E-state index in [-0.39, 0.29) is 18.0 Å². The Hall–Kier alpha value is -3.39. The van der Waals surface area contributed by atoms with Gasteiger partial charge in [0.15, 0.2) is 5.13 Å². The number of benzene rings is 1. The van der Waals surface area contributed by atoms with Gasteiger partial charge in [0.1, 0.15) is 0 Å². The number of aromatic nitrogens is 4. The Kier molecular flexibility index (Phi) is 4.47. The van der Waals surface area contributed by atoms with Crippen LogP contribution < -0.4 is 10.5 Å². The van der Waals surface area contributed by atoms with E-state index in [0.29, 0.717) is 21.7 Å². The molecule has 4 rings (SSSR count). The number of fused-ring (bicyclic) bond motifs is 1. The first-order chi connectivity index (χ1) is 13.1. The van der Waals surface area contributed by atoms with Gasteiger partial charge < -0.3 is 0 Å². The van der Waals surface area contributed by atoms with E-state index in [1.807, 2.05) is 35.7 Å². The fourth-order valence-corrected chi connectivity index (χ4v) is 3.65. The average Bonchev–Trinajstić information content (AvgIpc) is 3.13. The van der Waals surface area contributed by atoms with Gasteiger partial charge in [-0.25, -0.2) is 9.97 Å². The number of hydrogen-bond acceptors (Lipinski definition) is 6. The molecule has 3 heterocycles. The number of carbonyl (C=O) groups is 1. The van der Waals surface area contributed by atoms with Crippen molar-refractivity contribution in [2.45, 2.75) is 13.5 Å². The van der Waals surface area contributed by atoms with Crippen molar-refractivity contribution >= 4 is 39.0 Å². The summed E-state index contributed by atoms with van der Waals surface area (Å²) in [6.07, 6.45) is 4.62. The van der Waals surface area contributed by atoms with Gasteiger partial charge in [0.2, 0.25) is 5.91 Å². The van der Waals surface area contributed by atoms with Gasteiger partial charge in [0, 0.05) is 18.5 Å². The van der Waals surface area contributed by atoms with E-state index in [1.165, 1.54) is 29.2 Å². The second kappa shape index (κ2) is 7.08. The number of carbonyl (C=O) groups excluding carboxylic acids is 1. The van der Waals surface area contributed by atoms with Crippen LogP contribution in [-0.4, -0.2) is 25.4 Å². The lowest BCUT2D eigenvalue weighted by atomic mass is 10.3. The van der Waals surface area contributed by atoms with Crippen LogP contribution in [0.4, 0.5) is 10.8 Å². The van der Waals surface area contributed by atoms with E-state index in [1.54, 1.807) is 23.4 Å². The summed E-state index contributed by atoms with van der Waals surface area (Å²) in [5.41, 5.74) is 1.85. The second-order valence-corrected chi connectivity index (χ2v) is 6.72. The molecule has 3 aromatic heterocycles. The van der Waals surface area contributed by atoms with Crippen LogP contribution in [0.5, 0.6) is 0 Å². The zero-order valence-electron chi connectivity index (χ0n) is 14.4. The molecule has 0 bridgehead atoms. The lowest BCUT2D eigenvalue weighted by molar-refractivity contribution is -0.115. The number of rotatable bonds is 4. The van der Waals surface area contributed by atoms with Crippen molar-refractivity contribution in [2.24, 2.45) is 0 Å². The number of thiazole rings is 1. The molecule has 0 aliphatic rings. The fraction of sp³-hybridized carbons (Fsp3) is 0.105. The van der Waals surface area contributed by atoms with Crippen LogP contribution in [0.25, 0.3) is 10.9 Å². The van der Waals surface area contributed by atoms with Gasteiger partial charge >= 0.3 is 0 Å². The minimum atomic E-state index is -0.150. The number of para-hydroxylation sites is 1. The normalized spacial score (nSPS) is 10.9. The molecule has 0 atom stereocenters. The van der Waals surface area contributed by atoms with E-state index in [2.05, 4.69) is 15.0 Å². The number of anilines is 2. The molecule has 0 radical (unpaired) electrons. The van der Waals surface area contributed by atoms with Crippen molar-refractivity contribution in [3.63, 3.8) is 0 Å². The third-order valence-electron chi connectivity index (χ3n) is 4.02. The maximum atomic E-state index is 12.6. The van der Waals surface area contributed by atoms with Crippen molar-refractivity contribution in [3.8, 4) is 0 Å². The lowest BCUT2D eigenvalue weighted by Crippen LogP contribution is -2.23. The Morgan fingerprint density at radius 2 is 2.04 bits per heavy atom. The summed E-state index contributed by atoms with van der Waals surface area (Å²) in [6.45, 7) is 1.78. The second-order valence-electron chi connectivity index (χ2n) is 5.88. The molecule has 0 aliphatic carbocycles. The summed E-state index contributed by atoms with van der Waals surface area (Å²) in [5, 5.41) is 2.92. The molecule has 134 valence electrons. The standard InChI is InChI=1S/C19H15N5O2S/c1-13(25)24(15-5-3-2-4-6-15)19-22-14(11-27-19)10-23-12-21-17-9-20-8-7-16(17)18(23)26/h2-9,11-12H,10H2,1H3. The molecule has 0 fully saturated rings. The van der Waals surface area contributed by atoms with Crippen molar-refractivity contribution in [1.82, 2.24) is 19.5 Å². The summed E-state index contributed by atoms with van der Waals surface area (Å²) in [6, 6.07) is 11.0. The van der Waals surface area contributed by atoms with Crippen LogP contribution in [0.1, 0.15) is 12.6 Å². The highest BCUT2D eigenvalue weighted by molar-refractivity contribution is 7.14. The smallest absolute Gasteiger partial charge is 0.261 e. The highest BCUT2D eigenvalue weighted by Gasteiger charge is 2.18.